The molecule has 0 fully saturated rings. The number of hydrogen-bond donors (Lipinski definition) is 1. The number of rotatable bonds is 7. The highest BCUT2D eigenvalue weighted by Gasteiger charge is 2.07. The minimum atomic E-state index is -0.645. The maximum absolute atomic E-state index is 9.39. The zero-order chi connectivity index (χ0) is 11.0. The molecule has 0 saturated carbocycles. The van der Waals surface area contributed by atoms with E-state index in [-0.39, 0.29) is 25.4 Å². The molecule has 80 valence electrons. The van der Waals surface area contributed by atoms with Crippen LogP contribution in [-0.4, -0.2) is 36.6 Å². The normalized spacial score (nSPS) is 16.7. The lowest BCUT2D eigenvalue weighted by atomic mass is 10.3. The van der Waals surface area contributed by atoms with Gasteiger partial charge < -0.3 is 14.6 Å². The molecule has 0 heterocycles. The summed E-state index contributed by atoms with van der Waals surface area (Å²) in [4.78, 5) is 0. The van der Waals surface area contributed by atoms with Gasteiger partial charge in [0.05, 0.1) is 19.3 Å². The predicted octanol–water partition coefficient (Wildman–Crippen LogP) is 0.977. The summed E-state index contributed by atoms with van der Waals surface area (Å²) < 4.78 is 10.3. The Morgan fingerprint density at radius 1 is 1.43 bits per heavy atom. The molecule has 14 heavy (non-hydrogen) atoms. The number of ether oxygens (including phenoxy) is 2. The van der Waals surface area contributed by atoms with E-state index in [0.29, 0.717) is 0 Å². The Morgan fingerprint density at radius 3 is 2.50 bits per heavy atom. The summed E-state index contributed by atoms with van der Waals surface area (Å²) in [5.41, 5.74) is 0. The molecule has 3 unspecified atom stereocenters. The zero-order valence-corrected chi connectivity index (χ0v) is 8.77. The first-order valence-electron chi connectivity index (χ1n) is 4.60. The zero-order valence-electron chi connectivity index (χ0n) is 8.77. The van der Waals surface area contributed by atoms with Crippen molar-refractivity contribution in [3.63, 3.8) is 0 Å². The smallest absolute Gasteiger partial charge is 0.115 e. The van der Waals surface area contributed by atoms with Gasteiger partial charge in [0.1, 0.15) is 12.2 Å². The van der Waals surface area contributed by atoms with Gasteiger partial charge in [-0.05, 0) is 13.8 Å². The van der Waals surface area contributed by atoms with Gasteiger partial charge in [0, 0.05) is 0 Å². The summed E-state index contributed by atoms with van der Waals surface area (Å²) in [6, 6.07) is 0. The van der Waals surface area contributed by atoms with Crippen LogP contribution in [0.2, 0.25) is 0 Å². The van der Waals surface area contributed by atoms with Gasteiger partial charge in [-0.3, -0.25) is 0 Å². The van der Waals surface area contributed by atoms with Crippen LogP contribution < -0.4 is 0 Å². The molecule has 0 aliphatic carbocycles. The maximum atomic E-state index is 9.39. The molecule has 0 aliphatic rings. The summed E-state index contributed by atoms with van der Waals surface area (Å²) in [6.45, 7) is 7.58. The number of hydrogen-bond acceptors (Lipinski definition) is 3. The molecule has 0 aliphatic heterocycles. The molecule has 3 atom stereocenters. The monoisotopic (exact) mass is 198 g/mol. The van der Waals surface area contributed by atoms with Crippen LogP contribution in [0.1, 0.15) is 13.8 Å². The molecule has 3 nitrogen and oxygen atoms in total. The number of aliphatic hydroxyl groups excluding tert-OH is 1. The third-order valence-electron chi connectivity index (χ3n) is 1.66. The standard InChI is InChI=1S/C11H18O3/c1-5-9(3)13-7-11(12)8-14-10(4)6-2/h1,6,9-12H,2,7-8H2,3-4H3. The van der Waals surface area contributed by atoms with Crippen molar-refractivity contribution in [2.24, 2.45) is 0 Å². The van der Waals surface area contributed by atoms with Crippen molar-refractivity contribution in [1.82, 2.24) is 0 Å². The van der Waals surface area contributed by atoms with E-state index in [2.05, 4.69) is 12.5 Å². The van der Waals surface area contributed by atoms with Gasteiger partial charge in [0.2, 0.25) is 0 Å². The third kappa shape index (κ3) is 6.67. The summed E-state index contributed by atoms with van der Waals surface area (Å²) >= 11 is 0. The molecule has 0 bridgehead atoms. The predicted molar refractivity (Wildman–Crippen MR) is 55.9 cm³/mol. The molecule has 0 aromatic carbocycles. The van der Waals surface area contributed by atoms with Crippen molar-refractivity contribution in [2.45, 2.75) is 32.2 Å². The quantitative estimate of drug-likeness (QED) is 0.489. The first-order chi connectivity index (χ1) is 6.60. The van der Waals surface area contributed by atoms with E-state index in [0.717, 1.165) is 0 Å². The fourth-order valence-corrected chi connectivity index (χ4v) is 0.683. The highest BCUT2D eigenvalue weighted by Crippen LogP contribution is 1.96. The van der Waals surface area contributed by atoms with Crippen LogP contribution in [0.3, 0.4) is 0 Å². The summed E-state index contributed by atoms with van der Waals surface area (Å²) in [6.07, 6.45) is 5.78. The molecule has 0 saturated heterocycles. The first kappa shape index (κ1) is 13.2. The largest absolute Gasteiger partial charge is 0.388 e. The molecule has 0 aromatic heterocycles. The maximum Gasteiger partial charge on any atom is 0.115 e. The van der Waals surface area contributed by atoms with E-state index >= 15 is 0 Å². The highest BCUT2D eigenvalue weighted by molar-refractivity contribution is 4.91. The van der Waals surface area contributed by atoms with Crippen LogP contribution in [0.5, 0.6) is 0 Å². The lowest BCUT2D eigenvalue weighted by Gasteiger charge is -2.15. The molecular formula is C11H18O3. The van der Waals surface area contributed by atoms with E-state index in [4.69, 9.17) is 15.9 Å². The fraction of sp³-hybridized carbons (Fsp3) is 0.636. The molecule has 3 heteroatoms. The Balaban J connectivity index is 3.51. The van der Waals surface area contributed by atoms with Crippen molar-refractivity contribution in [1.29, 1.82) is 0 Å². The van der Waals surface area contributed by atoms with Crippen LogP contribution in [0.25, 0.3) is 0 Å². The van der Waals surface area contributed by atoms with E-state index in [9.17, 15) is 5.11 Å². The second kappa shape index (κ2) is 7.57. The lowest BCUT2D eigenvalue weighted by Crippen LogP contribution is -2.25. The van der Waals surface area contributed by atoms with Crippen LogP contribution in [0.4, 0.5) is 0 Å². The van der Waals surface area contributed by atoms with Crippen LogP contribution >= 0.6 is 0 Å². The van der Waals surface area contributed by atoms with Gasteiger partial charge in [0.15, 0.2) is 0 Å². The molecule has 0 rings (SSSR count). The Hall–Kier alpha value is -0.820. The summed E-state index contributed by atoms with van der Waals surface area (Å²) in [5.74, 6) is 2.41. The molecule has 0 aromatic rings. The van der Waals surface area contributed by atoms with E-state index in [1.807, 2.05) is 6.92 Å². The Bertz CT molecular complexity index is 195. The Kier molecular flexibility index (Phi) is 7.13. The van der Waals surface area contributed by atoms with Gasteiger partial charge in [-0.1, -0.05) is 12.0 Å². The fourth-order valence-electron chi connectivity index (χ4n) is 0.683. The Morgan fingerprint density at radius 2 is 2.00 bits per heavy atom. The SMILES string of the molecule is C#CC(C)OCC(O)COC(C)C=C. The van der Waals surface area contributed by atoms with Crippen LogP contribution in [-0.2, 0) is 9.47 Å². The summed E-state index contributed by atoms with van der Waals surface area (Å²) in [7, 11) is 0. The second-order valence-electron chi connectivity index (χ2n) is 3.07. The van der Waals surface area contributed by atoms with Gasteiger partial charge in [-0.15, -0.1) is 13.0 Å². The third-order valence-corrected chi connectivity index (χ3v) is 1.66. The van der Waals surface area contributed by atoms with Crippen molar-refractivity contribution in [3.8, 4) is 12.3 Å². The van der Waals surface area contributed by atoms with Gasteiger partial charge in [-0.2, -0.15) is 0 Å². The molecule has 1 N–H and O–H groups in total. The van der Waals surface area contributed by atoms with Crippen LogP contribution in [0.15, 0.2) is 12.7 Å². The van der Waals surface area contributed by atoms with E-state index in [1.54, 1.807) is 13.0 Å². The van der Waals surface area contributed by atoms with Crippen molar-refractivity contribution < 1.29 is 14.6 Å². The first-order valence-corrected chi connectivity index (χ1v) is 4.60. The number of terminal acetylenes is 1. The van der Waals surface area contributed by atoms with E-state index in [1.165, 1.54) is 0 Å². The molecule has 0 radical (unpaired) electrons. The highest BCUT2D eigenvalue weighted by atomic mass is 16.5. The molecule has 0 amide bonds. The minimum absolute atomic E-state index is 0.0605. The van der Waals surface area contributed by atoms with Crippen LogP contribution in [0, 0.1) is 12.3 Å². The number of aliphatic hydroxyl groups is 1. The molecular weight excluding hydrogens is 180 g/mol. The average Bonchev–Trinajstić information content (AvgIpc) is 2.22. The minimum Gasteiger partial charge on any atom is -0.388 e. The van der Waals surface area contributed by atoms with Gasteiger partial charge in [0.25, 0.3) is 0 Å². The van der Waals surface area contributed by atoms with Gasteiger partial charge >= 0.3 is 0 Å². The second-order valence-corrected chi connectivity index (χ2v) is 3.07. The van der Waals surface area contributed by atoms with Gasteiger partial charge in [-0.25, -0.2) is 0 Å². The van der Waals surface area contributed by atoms with Crippen molar-refractivity contribution in [3.05, 3.63) is 12.7 Å². The topological polar surface area (TPSA) is 38.7 Å². The molecule has 0 spiro atoms. The van der Waals surface area contributed by atoms with E-state index < -0.39 is 6.10 Å². The van der Waals surface area contributed by atoms with Crippen molar-refractivity contribution in [2.75, 3.05) is 13.2 Å². The summed E-state index contributed by atoms with van der Waals surface area (Å²) in [5, 5.41) is 9.39. The average molecular weight is 198 g/mol. The Labute approximate surface area is 85.7 Å². The lowest BCUT2D eigenvalue weighted by molar-refractivity contribution is -0.0371. The van der Waals surface area contributed by atoms with Crippen molar-refractivity contribution >= 4 is 0 Å².